The molecule has 0 saturated heterocycles. The molecule has 8 heteroatoms. The third-order valence-corrected chi connectivity index (χ3v) is 4.94. The molecule has 0 aliphatic rings. The maximum absolute atomic E-state index is 5.34. The molecule has 3 rings (SSSR count). The minimum atomic E-state index is 0.688. The van der Waals surface area contributed by atoms with Gasteiger partial charge >= 0.3 is 0 Å². The highest BCUT2D eigenvalue weighted by Crippen LogP contribution is 2.34. The summed E-state index contributed by atoms with van der Waals surface area (Å²) in [7, 11) is 3.25. The summed E-state index contributed by atoms with van der Waals surface area (Å²) in [5, 5.41) is 13.9. The first-order valence-electron chi connectivity index (χ1n) is 6.78. The van der Waals surface area contributed by atoms with Crippen molar-refractivity contribution in [3.63, 3.8) is 0 Å². The minimum absolute atomic E-state index is 0.688. The zero-order valence-electron chi connectivity index (χ0n) is 12.6. The van der Waals surface area contributed by atoms with Crippen molar-refractivity contribution in [2.24, 2.45) is 0 Å². The van der Waals surface area contributed by atoms with Gasteiger partial charge in [0.2, 0.25) is 4.96 Å². The largest absolute Gasteiger partial charge is 0.493 e. The molecule has 116 valence electrons. The summed E-state index contributed by atoms with van der Waals surface area (Å²) in [5.41, 5.74) is 0.974. The maximum Gasteiger partial charge on any atom is 0.235 e. The van der Waals surface area contributed by atoms with Crippen LogP contribution in [0.25, 0.3) is 15.5 Å². The zero-order chi connectivity index (χ0) is 15.5. The van der Waals surface area contributed by atoms with Gasteiger partial charge in [-0.05, 0) is 24.0 Å². The molecule has 0 aliphatic carbocycles. The van der Waals surface area contributed by atoms with E-state index in [-0.39, 0.29) is 0 Å². The van der Waals surface area contributed by atoms with Gasteiger partial charge in [0.15, 0.2) is 17.3 Å². The molecule has 0 unspecified atom stereocenters. The zero-order valence-corrected chi connectivity index (χ0v) is 14.2. The molecule has 0 fully saturated rings. The lowest BCUT2D eigenvalue weighted by molar-refractivity contribution is 0.355. The molecule has 0 spiro atoms. The molecule has 0 aliphatic heterocycles. The Morgan fingerprint density at radius 2 is 2.00 bits per heavy atom. The lowest BCUT2D eigenvalue weighted by Crippen LogP contribution is -1.94. The van der Waals surface area contributed by atoms with E-state index in [9.17, 15) is 0 Å². The van der Waals surface area contributed by atoms with E-state index < -0.39 is 0 Å². The van der Waals surface area contributed by atoms with Crippen LogP contribution in [0.4, 0.5) is 0 Å². The standard InChI is InChI=1S/C14H16N4O2S2/c1-4-21-8-12-15-16-14-18(12)17-13(22-14)9-5-6-10(19-2)11(7-9)20-3/h5-7H,4,8H2,1-3H3. The predicted octanol–water partition coefficient (Wildman–Crippen LogP) is 3.12. The normalized spacial score (nSPS) is 11.0. The molecule has 0 radical (unpaired) electrons. The third kappa shape index (κ3) is 2.76. The average Bonchev–Trinajstić information content (AvgIpc) is 3.13. The van der Waals surface area contributed by atoms with E-state index in [1.54, 1.807) is 26.0 Å². The second kappa shape index (κ2) is 6.53. The Morgan fingerprint density at radius 3 is 2.73 bits per heavy atom. The molecule has 0 N–H and O–H groups in total. The highest BCUT2D eigenvalue weighted by atomic mass is 32.2. The van der Waals surface area contributed by atoms with E-state index in [0.29, 0.717) is 11.5 Å². The van der Waals surface area contributed by atoms with Gasteiger partial charge in [0, 0.05) is 5.56 Å². The van der Waals surface area contributed by atoms with Crippen molar-refractivity contribution in [3.8, 4) is 22.1 Å². The fourth-order valence-electron chi connectivity index (χ4n) is 2.03. The SMILES string of the molecule is CCSCc1nnc2sc(-c3ccc(OC)c(OC)c3)nn12. The molecular weight excluding hydrogens is 320 g/mol. The molecule has 0 saturated carbocycles. The molecule has 6 nitrogen and oxygen atoms in total. The van der Waals surface area contributed by atoms with Gasteiger partial charge in [-0.2, -0.15) is 21.4 Å². The fourth-order valence-corrected chi connectivity index (χ4v) is 3.45. The van der Waals surface area contributed by atoms with Crippen LogP contribution in [-0.4, -0.2) is 39.8 Å². The fraction of sp³-hybridized carbons (Fsp3) is 0.357. The number of rotatable bonds is 6. The molecule has 22 heavy (non-hydrogen) atoms. The Kier molecular flexibility index (Phi) is 4.49. The summed E-state index contributed by atoms with van der Waals surface area (Å²) in [6, 6.07) is 5.77. The van der Waals surface area contributed by atoms with E-state index in [0.717, 1.165) is 32.9 Å². The van der Waals surface area contributed by atoms with E-state index >= 15 is 0 Å². The van der Waals surface area contributed by atoms with Gasteiger partial charge in [-0.25, -0.2) is 0 Å². The van der Waals surface area contributed by atoms with Gasteiger partial charge in [0.1, 0.15) is 5.01 Å². The lowest BCUT2D eigenvalue weighted by Gasteiger charge is -2.07. The van der Waals surface area contributed by atoms with E-state index in [4.69, 9.17) is 9.47 Å². The van der Waals surface area contributed by atoms with Crippen molar-refractivity contribution in [2.75, 3.05) is 20.0 Å². The molecular formula is C14H16N4O2S2. The topological polar surface area (TPSA) is 61.5 Å². The highest BCUT2D eigenvalue weighted by Gasteiger charge is 2.14. The van der Waals surface area contributed by atoms with Crippen LogP contribution >= 0.6 is 23.1 Å². The first-order valence-corrected chi connectivity index (χ1v) is 8.75. The van der Waals surface area contributed by atoms with Gasteiger partial charge in [-0.3, -0.25) is 0 Å². The van der Waals surface area contributed by atoms with Gasteiger partial charge in [0.05, 0.1) is 20.0 Å². The summed E-state index contributed by atoms with van der Waals surface area (Å²) in [4.78, 5) is 0.802. The number of aromatic nitrogens is 4. The number of methoxy groups -OCH3 is 2. The summed E-state index contributed by atoms with van der Waals surface area (Å²) in [6.45, 7) is 2.12. The first-order chi connectivity index (χ1) is 10.8. The van der Waals surface area contributed by atoms with E-state index in [1.165, 1.54) is 11.3 Å². The molecule has 0 amide bonds. The summed E-state index contributed by atoms with van der Waals surface area (Å²) in [6.07, 6.45) is 0. The van der Waals surface area contributed by atoms with Crippen LogP contribution in [0.5, 0.6) is 11.5 Å². The molecule has 1 aromatic carbocycles. The summed E-state index contributed by atoms with van der Waals surface area (Å²) in [5.74, 6) is 4.13. The second-order valence-corrected chi connectivity index (χ2v) is 6.65. The Balaban J connectivity index is 1.98. The number of benzene rings is 1. The van der Waals surface area contributed by atoms with Crippen molar-refractivity contribution < 1.29 is 9.47 Å². The van der Waals surface area contributed by atoms with Crippen molar-refractivity contribution in [3.05, 3.63) is 24.0 Å². The number of ether oxygens (including phenoxy) is 2. The van der Waals surface area contributed by atoms with Crippen LogP contribution in [0, 0.1) is 0 Å². The Morgan fingerprint density at radius 1 is 1.18 bits per heavy atom. The number of hydrogen-bond acceptors (Lipinski definition) is 7. The van der Waals surface area contributed by atoms with Crippen molar-refractivity contribution in [1.29, 1.82) is 0 Å². The number of nitrogens with zero attached hydrogens (tertiary/aromatic N) is 4. The first kappa shape index (κ1) is 15.1. The van der Waals surface area contributed by atoms with E-state index in [1.807, 2.05) is 22.7 Å². The molecule has 2 aromatic heterocycles. The van der Waals surface area contributed by atoms with Crippen molar-refractivity contribution >= 4 is 28.1 Å². The van der Waals surface area contributed by atoms with Gasteiger partial charge in [-0.1, -0.05) is 18.3 Å². The van der Waals surface area contributed by atoms with E-state index in [2.05, 4.69) is 22.2 Å². The number of thioether (sulfide) groups is 1. The number of fused-ring (bicyclic) bond motifs is 1. The van der Waals surface area contributed by atoms with Crippen LogP contribution in [0.1, 0.15) is 12.7 Å². The minimum Gasteiger partial charge on any atom is -0.493 e. The molecule has 0 bridgehead atoms. The number of hydrogen-bond donors (Lipinski definition) is 0. The van der Waals surface area contributed by atoms with Gasteiger partial charge in [-0.15, -0.1) is 10.2 Å². The average molecular weight is 336 g/mol. The molecule has 3 aromatic rings. The van der Waals surface area contributed by atoms with Crippen LogP contribution in [0.3, 0.4) is 0 Å². The van der Waals surface area contributed by atoms with Crippen LogP contribution < -0.4 is 9.47 Å². The van der Waals surface area contributed by atoms with Gasteiger partial charge < -0.3 is 9.47 Å². The quantitative estimate of drug-likeness (QED) is 0.689. The van der Waals surface area contributed by atoms with Crippen LogP contribution in [-0.2, 0) is 5.75 Å². The highest BCUT2D eigenvalue weighted by molar-refractivity contribution is 7.98. The van der Waals surface area contributed by atoms with Crippen LogP contribution in [0.15, 0.2) is 18.2 Å². The van der Waals surface area contributed by atoms with Crippen molar-refractivity contribution in [1.82, 2.24) is 19.8 Å². The monoisotopic (exact) mass is 336 g/mol. The lowest BCUT2D eigenvalue weighted by atomic mass is 10.2. The van der Waals surface area contributed by atoms with Crippen LogP contribution in [0.2, 0.25) is 0 Å². The smallest absolute Gasteiger partial charge is 0.235 e. The molecule has 2 heterocycles. The Hall–Kier alpha value is -1.80. The summed E-state index contributed by atoms with van der Waals surface area (Å²) < 4.78 is 12.4. The second-order valence-electron chi connectivity index (χ2n) is 4.42. The maximum atomic E-state index is 5.34. The summed E-state index contributed by atoms with van der Waals surface area (Å²) >= 11 is 3.31. The molecule has 0 atom stereocenters. The Labute approximate surface area is 136 Å². The predicted molar refractivity (Wildman–Crippen MR) is 89.0 cm³/mol. The Bertz CT molecular complexity index is 784. The van der Waals surface area contributed by atoms with Crippen molar-refractivity contribution in [2.45, 2.75) is 12.7 Å². The van der Waals surface area contributed by atoms with Gasteiger partial charge in [0.25, 0.3) is 0 Å². The third-order valence-electron chi connectivity index (χ3n) is 3.12.